The molecule has 0 saturated heterocycles. The van der Waals surface area contributed by atoms with Crippen molar-refractivity contribution >= 4 is 22.2 Å². The fourth-order valence-corrected chi connectivity index (χ4v) is 1.54. The summed E-state index contributed by atoms with van der Waals surface area (Å²) >= 11 is 3.12. The third-order valence-corrected chi connectivity index (χ3v) is 2.83. The van der Waals surface area contributed by atoms with Gasteiger partial charge in [0.05, 0.1) is 6.61 Å². The van der Waals surface area contributed by atoms with Crippen LogP contribution in [0, 0.1) is 5.82 Å². The van der Waals surface area contributed by atoms with E-state index in [9.17, 15) is 9.18 Å². The average molecular weight is 307 g/mol. The van der Waals surface area contributed by atoms with Gasteiger partial charge in [0.15, 0.2) is 17.9 Å². The summed E-state index contributed by atoms with van der Waals surface area (Å²) in [5.74, 6) is -0.638. The van der Waals surface area contributed by atoms with Gasteiger partial charge in [0.2, 0.25) is 0 Å². The highest BCUT2D eigenvalue weighted by Crippen LogP contribution is 2.25. The van der Waals surface area contributed by atoms with Crippen LogP contribution in [0.25, 0.3) is 0 Å². The zero-order valence-corrected chi connectivity index (χ0v) is 10.7. The second kappa shape index (κ2) is 6.68. The third-order valence-electron chi connectivity index (χ3n) is 2.14. The van der Waals surface area contributed by atoms with Crippen molar-refractivity contribution in [2.24, 2.45) is 0 Å². The molecule has 0 heterocycles. The van der Waals surface area contributed by atoms with Gasteiger partial charge >= 0.3 is 0 Å². The van der Waals surface area contributed by atoms with E-state index in [0.717, 1.165) is 6.07 Å². The van der Waals surface area contributed by atoms with Gasteiger partial charge in [-0.3, -0.25) is 4.79 Å². The molecule has 1 atom stereocenters. The molecule has 1 rings (SSSR count). The number of benzene rings is 1. The van der Waals surface area contributed by atoms with E-state index in [1.54, 1.807) is 0 Å². The second-order valence-corrected chi connectivity index (χ2v) is 4.13. The maximum atomic E-state index is 13.5. The van der Waals surface area contributed by atoms with Crippen molar-refractivity contribution in [3.63, 3.8) is 0 Å². The number of carbonyl (C=O) groups excluding carboxylic acids is 1. The molecule has 1 aromatic carbocycles. The molecule has 0 aliphatic heterocycles. The number of hydrogen-bond acceptors (Lipinski definition) is 4. The molecule has 1 unspecified atom stereocenters. The maximum Gasteiger partial charge on any atom is 0.165 e. The van der Waals surface area contributed by atoms with Crippen molar-refractivity contribution in [1.82, 2.24) is 0 Å². The summed E-state index contributed by atoms with van der Waals surface area (Å²) in [6, 6.07) is 2.44. The molecule has 17 heavy (non-hydrogen) atoms. The second-order valence-electron chi connectivity index (χ2n) is 3.27. The Bertz CT molecular complexity index is 393. The Morgan fingerprint density at radius 1 is 1.59 bits per heavy atom. The summed E-state index contributed by atoms with van der Waals surface area (Å²) < 4.78 is 23.9. The molecule has 0 bridgehead atoms. The van der Waals surface area contributed by atoms with Crippen LogP contribution in [0.5, 0.6) is 5.75 Å². The molecule has 1 N–H and O–H groups in total. The lowest BCUT2D eigenvalue weighted by Crippen LogP contribution is -2.24. The van der Waals surface area contributed by atoms with Gasteiger partial charge in [-0.15, -0.1) is 0 Å². The number of aliphatic hydroxyl groups is 1. The van der Waals surface area contributed by atoms with Gasteiger partial charge in [-0.2, -0.15) is 0 Å². The molecule has 0 aliphatic carbocycles. The fraction of sp³-hybridized carbons (Fsp3) is 0.364. The van der Waals surface area contributed by atoms with Crippen molar-refractivity contribution in [1.29, 1.82) is 0 Å². The van der Waals surface area contributed by atoms with Crippen LogP contribution in [0.1, 0.15) is 10.4 Å². The zero-order valence-electron chi connectivity index (χ0n) is 9.15. The van der Waals surface area contributed by atoms with Crippen LogP contribution >= 0.6 is 15.9 Å². The zero-order chi connectivity index (χ0) is 12.8. The predicted molar refractivity (Wildman–Crippen MR) is 62.9 cm³/mol. The lowest BCUT2D eigenvalue weighted by molar-refractivity contribution is 0.0155. The Labute approximate surface area is 106 Å². The lowest BCUT2D eigenvalue weighted by atomic mass is 10.2. The molecule has 0 aliphatic rings. The van der Waals surface area contributed by atoms with Gasteiger partial charge in [0, 0.05) is 17.1 Å². The highest BCUT2D eigenvalue weighted by molar-refractivity contribution is 9.10. The van der Waals surface area contributed by atoms with Gasteiger partial charge in [-0.25, -0.2) is 4.39 Å². The van der Waals surface area contributed by atoms with E-state index < -0.39 is 11.9 Å². The number of methoxy groups -OCH3 is 1. The van der Waals surface area contributed by atoms with Gasteiger partial charge < -0.3 is 14.6 Å². The third kappa shape index (κ3) is 3.76. The van der Waals surface area contributed by atoms with Crippen LogP contribution in [0.4, 0.5) is 4.39 Å². The number of ether oxygens (including phenoxy) is 2. The molecular weight excluding hydrogens is 295 g/mol. The van der Waals surface area contributed by atoms with E-state index in [0.29, 0.717) is 10.8 Å². The first-order valence-corrected chi connectivity index (χ1v) is 5.62. The average Bonchev–Trinajstić information content (AvgIpc) is 2.34. The topological polar surface area (TPSA) is 55.8 Å². The first kappa shape index (κ1) is 14.1. The van der Waals surface area contributed by atoms with E-state index in [1.807, 2.05) is 0 Å². The van der Waals surface area contributed by atoms with Crippen molar-refractivity contribution in [3.8, 4) is 5.75 Å². The summed E-state index contributed by atoms with van der Waals surface area (Å²) in [5, 5.41) is 8.86. The van der Waals surface area contributed by atoms with Crippen molar-refractivity contribution in [3.05, 3.63) is 28.0 Å². The van der Waals surface area contributed by atoms with Gasteiger partial charge in [-0.05, 0) is 28.1 Å². The monoisotopic (exact) mass is 306 g/mol. The Morgan fingerprint density at radius 2 is 2.29 bits per heavy atom. The maximum absolute atomic E-state index is 13.5. The fourth-order valence-electron chi connectivity index (χ4n) is 1.12. The number of aliphatic hydroxyl groups excluding tert-OH is 1. The molecule has 0 spiro atoms. The smallest absolute Gasteiger partial charge is 0.165 e. The van der Waals surface area contributed by atoms with Crippen LogP contribution in [-0.2, 0) is 4.74 Å². The molecule has 1 aromatic rings. The molecular formula is C11H12BrFO4. The van der Waals surface area contributed by atoms with Crippen molar-refractivity contribution < 1.29 is 23.8 Å². The minimum Gasteiger partial charge on any atom is -0.488 e. The molecule has 0 aromatic heterocycles. The highest BCUT2D eigenvalue weighted by Gasteiger charge is 2.12. The van der Waals surface area contributed by atoms with Crippen LogP contribution in [0.15, 0.2) is 16.6 Å². The van der Waals surface area contributed by atoms with Crippen LogP contribution < -0.4 is 4.74 Å². The summed E-state index contributed by atoms with van der Waals surface area (Å²) in [6.07, 6.45) is 0.0294. The molecule has 4 nitrogen and oxygen atoms in total. The molecule has 6 heteroatoms. The largest absolute Gasteiger partial charge is 0.488 e. The number of hydrogen-bond donors (Lipinski definition) is 1. The quantitative estimate of drug-likeness (QED) is 0.814. The Morgan fingerprint density at radius 3 is 2.82 bits per heavy atom. The van der Waals surface area contributed by atoms with E-state index in [1.165, 1.54) is 13.2 Å². The molecule has 0 radical (unpaired) electrons. The van der Waals surface area contributed by atoms with E-state index in [4.69, 9.17) is 14.6 Å². The van der Waals surface area contributed by atoms with Gasteiger partial charge in [0.1, 0.15) is 12.7 Å². The first-order chi connectivity index (χ1) is 8.12. The Hall–Kier alpha value is -0.980. The summed E-state index contributed by atoms with van der Waals surface area (Å²) in [6.45, 7) is -0.192. The summed E-state index contributed by atoms with van der Waals surface area (Å²) in [5.41, 5.74) is 0.209. The van der Waals surface area contributed by atoms with E-state index >= 15 is 0 Å². The minimum atomic E-state index is -0.636. The van der Waals surface area contributed by atoms with E-state index in [-0.39, 0.29) is 24.5 Å². The number of aldehydes is 1. The van der Waals surface area contributed by atoms with Crippen molar-refractivity contribution in [2.75, 3.05) is 20.3 Å². The van der Waals surface area contributed by atoms with Gasteiger partial charge in [-0.1, -0.05) is 0 Å². The van der Waals surface area contributed by atoms with Crippen molar-refractivity contribution in [2.45, 2.75) is 6.10 Å². The van der Waals surface area contributed by atoms with Crippen LogP contribution in [0.2, 0.25) is 0 Å². The number of carbonyl (C=O) groups is 1. The number of halogens is 2. The summed E-state index contributed by atoms with van der Waals surface area (Å²) in [7, 11) is 1.42. The predicted octanol–water partition coefficient (Wildman–Crippen LogP) is 1.79. The van der Waals surface area contributed by atoms with Gasteiger partial charge in [0.25, 0.3) is 0 Å². The SMILES string of the molecule is COC(CO)COc1cc(Br)c(C=O)cc1F. The molecule has 0 saturated carbocycles. The Kier molecular flexibility index (Phi) is 5.54. The first-order valence-electron chi connectivity index (χ1n) is 4.83. The van der Waals surface area contributed by atoms with Crippen LogP contribution in [-0.4, -0.2) is 37.8 Å². The molecule has 0 amide bonds. The standard InChI is InChI=1S/C11H12BrFO4/c1-16-8(5-15)6-17-11-3-9(12)7(4-14)2-10(11)13/h2-4,8,15H,5-6H2,1H3. The molecule has 94 valence electrons. The minimum absolute atomic E-state index is 0.00187. The van der Waals surface area contributed by atoms with E-state index in [2.05, 4.69) is 15.9 Å². The number of rotatable bonds is 6. The lowest BCUT2D eigenvalue weighted by Gasteiger charge is -2.14. The van der Waals surface area contributed by atoms with Crippen LogP contribution in [0.3, 0.4) is 0 Å². The highest BCUT2D eigenvalue weighted by atomic mass is 79.9. The Balaban J connectivity index is 2.78. The summed E-state index contributed by atoms with van der Waals surface area (Å²) in [4.78, 5) is 10.6. The molecule has 0 fully saturated rings. The normalized spacial score (nSPS) is 12.2.